The Hall–Kier alpha value is -2.81. The second-order valence-electron chi connectivity index (χ2n) is 9.61. The molecule has 0 atom stereocenters. The summed E-state index contributed by atoms with van der Waals surface area (Å²) < 4.78 is 44.6. The number of benzene rings is 3. The van der Waals surface area contributed by atoms with Crippen LogP contribution in [0.4, 0.5) is 13.2 Å². The second-order valence-corrected chi connectivity index (χ2v) is 9.61. The van der Waals surface area contributed by atoms with Gasteiger partial charge in [-0.1, -0.05) is 80.3 Å². The van der Waals surface area contributed by atoms with Crippen LogP contribution in [0.15, 0.2) is 61.2 Å². The Bertz CT molecular complexity index is 1170. The zero-order valence-corrected chi connectivity index (χ0v) is 19.9. The molecule has 0 bridgehead atoms. The molecule has 0 unspecified atom stereocenters. The molecule has 0 radical (unpaired) electrons. The first-order valence-corrected chi connectivity index (χ1v) is 12.4. The first-order chi connectivity index (χ1) is 16.5. The lowest BCUT2D eigenvalue weighted by Crippen LogP contribution is -2.15. The van der Waals surface area contributed by atoms with Gasteiger partial charge in [0.25, 0.3) is 0 Å². The van der Waals surface area contributed by atoms with E-state index in [0.717, 1.165) is 24.7 Å². The van der Waals surface area contributed by atoms with Gasteiger partial charge in [0.1, 0.15) is 5.82 Å². The smallest absolute Gasteiger partial charge is 0.170 e. The van der Waals surface area contributed by atoms with E-state index in [4.69, 9.17) is 0 Å². The van der Waals surface area contributed by atoms with Gasteiger partial charge in [-0.15, -0.1) is 6.58 Å². The van der Waals surface area contributed by atoms with Gasteiger partial charge in [0, 0.05) is 11.1 Å². The Balaban J connectivity index is 1.45. The molecule has 0 heterocycles. The van der Waals surface area contributed by atoms with Gasteiger partial charge in [-0.2, -0.15) is 0 Å². The highest BCUT2D eigenvalue weighted by Gasteiger charge is 2.21. The number of fused-ring (bicyclic) bond motifs is 1. The maximum atomic E-state index is 15.0. The van der Waals surface area contributed by atoms with Crippen molar-refractivity contribution in [2.24, 2.45) is 11.8 Å². The zero-order valence-electron chi connectivity index (χ0n) is 19.9. The summed E-state index contributed by atoms with van der Waals surface area (Å²) in [7, 11) is 0. The van der Waals surface area contributed by atoms with Crippen LogP contribution < -0.4 is 0 Å². The molecule has 0 aromatic heterocycles. The van der Waals surface area contributed by atoms with Gasteiger partial charge in [-0.25, -0.2) is 13.2 Å². The fourth-order valence-electron chi connectivity index (χ4n) is 5.30. The third-order valence-corrected chi connectivity index (χ3v) is 7.35. The highest BCUT2D eigenvalue weighted by molar-refractivity contribution is 5.90. The third-order valence-electron chi connectivity index (χ3n) is 7.35. The van der Waals surface area contributed by atoms with E-state index in [1.165, 1.54) is 50.2 Å². The minimum Gasteiger partial charge on any atom is -0.206 e. The molecule has 3 aromatic rings. The summed E-state index contributed by atoms with van der Waals surface area (Å²) in [6.07, 6.45) is 15.0. The van der Waals surface area contributed by atoms with Gasteiger partial charge in [0.15, 0.2) is 11.6 Å². The third kappa shape index (κ3) is 5.29. The van der Waals surface area contributed by atoms with E-state index in [1.807, 2.05) is 30.3 Å². The second kappa shape index (κ2) is 11.1. The average Bonchev–Trinajstić information content (AvgIpc) is 2.86. The van der Waals surface area contributed by atoms with Gasteiger partial charge < -0.3 is 0 Å². The topological polar surface area (TPSA) is 0 Å². The van der Waals surface area contributed by atoms with E-state index in [-0.39, 0.29) is 16.5 Å². The lowest BCUT2D eigenvalue weighted by atomic mass is 9.78. The van der Waals surface area contributed by atoms with Gasteiger partial charge in [0.05, 0.1) is 5.39 Å². The molecule has 0 spiro atoms. The van der Waals surface area contributed by atoms with Crippen LogP contribution in [-0.4, -0.2) is 0 Å². The molecule has 1 aliphatic carbocycles. The van der Waals surface area contributed by atoms with Crippen LogP contribution in [0.1, 0.15) is 63.0 Å². The largest absolute Gasteiger partial charge is 0.206 e. The van der Waals surface area contributed by atoms with E-state index in [1.54, 1.807) is 31.2 Å². The van der Waals surface area contributed by atoms with Gasteiger partial charge in [-0.3, -0.25) is 0 Å². The molecule has 0 saturated heterocycles. The van der Waals surface area contributed by atoms with Gasteiger partial charge in [-0.05, 0) is 67.0 Å². The minimum atomic E-state index is -1.14. The summed E-state index contributed by atoms with van der Waals surface area (Å²) in [6, 6.07) is 12.5. The summed E-state index contributed by atoms with van der Waals surface area (Å²) in [5.74, 6) is -1.25. The fraction of sp³-hybridized carbons (Fsp3) is 0.355. The summed E-state index contributed by atoms with van der Waals surface area (Å²) in [5, 5.41) is 0.0557. The molecule has 34 heavy (non-hydrogen) atoms. The number of allylic oxidation sites excluding steroid dienone is 2. The van der Waals surface area contributed by atoms with Crippen LogP contribution in [-0.2, 0) is 6.42 Å². The molecule has 178 valence electrons. The van der Waals surface area contributed by atoms with Gasteiger partial charge in [0.2, 0.25) is 0 Å². The molecule has 3 aromatic carbocycles. The highest BCUT2D eigenvalue weighted by atomic mass is 19.2. The molecule has 4 rings (SSSR count). The predicted molar refractivity (Wildman–Crippen MR) is 137 cm³/mol. The molecule has 0 nitrogen and oxygen atoms in total. The molecule has 0 amide bonds. The quantitative estimate of drug-likeness (QED) is 0.292. The Kier molecular flexibility index (Phi) is 7.92. The van der Waals surface area contributed by atoms with E-state index in [9.17, 15) is 13.2 Å². The zero-order chi connectivity index (χ0) is 24.1. The molecule has 1 fully saturated rings. The molecular weight excluding hydrogens is 429 g/mol. The monoisotopic (exact) mass is 462 g/mol. The number of rotatable bonds is 8. The Morgan fingerprint density at radius 1 is 0.853 bits per heavy atom. The van der Waals surface area contributed by atoms with E-state index in [0.29, 0.717) is 10.9 Å². The summed E-state index contributed by atoms with van der Waals surface area (Å²) >= 11 is 0. The molecule has 1 saturated carbocycles. The molecular formula is C31H33F3. The van der Waals surface area contributed by atoms with Crippen molar-refractivity contribution in [3.05, 3.63) is 89.8 Å². The molecule has 3 heteroatoms. The van der Waals surface area contributed by atoms with Crippen molar-refractivity contribution in [2.45, 2.75) is 58.3 Å². The van der Waals surface area contributed by atoms with Crippen molar-refractivity contribution in [3.63, 3.8) is 0 Å². The molecule has 0 aliphatic heterocycles. The lowest BCUT2D eigenvalue weighted by Gasteiger charge is -2.28. The van der Waals surface area contributed by atoms with Crippen LogP contribution in [0.3, 0.4) is 0 Å². The number of hydrogen-bond donors (Lipinski definition) is 0. The maximum absolute atomic E-state index is 15.0. The van der Waals surface area contributed by atoms with Crippen LogP contribution in [0.2, 0.25) is 0 Å². The van der Waals surface area contributed by atoms with E-state index < -0.39 is 17.5 Å². The van der Waals surface area contributed by atoms with Crippen LogP contribution in [0.25, 0.3) is 28.0 Å². The predicted octanol–water partition coefficient (Wildman–Crippen LogP) is 9.66. The Morgan fingerprint density at radius 3 is 2.18 bits per heavy atom. The van der Waals surface area contributed by atoms with Crippen molar-refractivity contribution in [1.29, 1.82) is 0 Å². The number of halogens is 3. The van der Waals surface area contributed by atoms with Gasteiger partial charge >= 0.3 is 0 Å². The SMILES string of the molecule is C=CCCC1CCC(CCc2ccc(-c3cc4ccc(/C=C/C)c(F)c4c(F)c3F)cc2)CC1. The lowest BCUT2D eigenvalue weighted by molar-refractivity contribution is 0.254. The minimum absolute atomic E-state index is 0.160. The Morgan fingerprint density at radius 2 is 1.53 bits per heavy atom. The van der Waals surface area contributed by atoms with Crippen molar-refractivity contribution in [2.75, 3.05) is 0 Å². The normalized spacial score (nSPS) is 18.6. The standard InChI is InChI=1S/C31H33F3/c1-3-5-7-21-8-10-22(11-9-21)12-13-23-14-16-24(17-15-23)27-20-26-19-18-25(6-4-2)29(32)28(26)31(34)30(27)33/h3-4,6,14-22H,1,5,7-13H2,2H3/b6-4+. The van der Waals surface area contributed by atoms with Crippen molar-refractivity contribution >= 4 is 16.8 Å². The van der Waals surface area contributed by atoms with Crippen LogP contribution in [0, 0.1) is 29.3 Å². The highest BCUT2D eigenvalue weighted by Crippen LogP contribution is 2.35. The van der Waals surface area contributed by atoms with Crippen molar-refractivity contribution in [1.82, 2.24) is 0 Å². The van der Waals surface area contributed by atoms with Crippen LogP contribution >= 0.6 is 0 Å². The first kappa shape index (κ1) is 24.3. The Labute approximate surface area is 201 Å². The van der Waals surface area contributed by atoms with E-state index in [2.05, 4.69) is 6.58 Å². The summed E-state index contributed by atoms with van der Waals surface area (Å²) in [6.45, 7) is 5.58. The van der Waals surface area contributed by atoms with Crippen molar-refractivity contribution < 1.29 is 13.2 Å². The maximum Gasteiger partial charge on any atom is 0.170 e. The first-order valence-electron chi connectivity index (χ1n) is 12.4. The van der Waals surface area contributed by atoms with Crippen molar-refractivity contribution in [3.8, 4) is 11.1 Å². The molecule has 1 aliphatic rings. The number of hydrogen-bond acceptors (Lipinski definition) is 0. The fourth-order valence-corrected chi connectivity index (χ4v) is 5.30. The molecule has 0 N–H and O–H groups in total. The van der Waals surface area contributed by atoms with Crippen LogP contribution in [0.5, 0.6) is 0 Å². The number of aryl methyl sites for hydroxylation is 1. The summed E-state index contributed by atoms with van der Waals surface area (Å²) in [4.78, 5) is 0. The van der Waals surface area contributed by atoms with E-state index >= 15 is 0 Å². The summed E-state index contributed by atoms with van der Waals surface area (Å²) in [5.41, 5.74) is 2.21. The average molecular weight is 463 g/mol.